The molecule has 0 heterocycles. The number of benzene rings is 3. The highest BCUT2D eigenvalue weighted by Gasteiger charge is 2.27. The largest absolute Gasteiger partial charge is 0.394 e. The van der Waals surface area contributed by atoms with Crippen molar-refractivity contribution in [1.82, 2.24) is 5.32 Å². The second-order valence-electron chi connectivity index (χ2n) is 10.4. The third kappa shape index (κ3) is 5.51. The summed E-state index contributed by atoms with van der Waals surface area (Å²) >= 11 is 0. The number of carbonyl (C=O) groups is 1. The number of aliphatic hydroxyl groups is 2. The molecule has 4 rings (SSSR count). The highest BCUT2D eigenvalue weighted by Crippen LogP contribution is 2.41. The molecule has 2 unspecified atom stereocenters. The third-order valence-electron chi connectivity index (χ3n) is 7.58. The molecule has 1 aliphatic carbocycles. The molecule has 0 bridgehead atoms. The maximum atomic E-state index is 12.5. The molecule has 3 aromatic rings. The Hall–Kier alpha value is -2.69. The van der Waals surface area contributed by atoms with Gasteiger partial charge >= 0.3 is 0 Å². The summed E-state index contributed by atoms with van der Waals surface area (Å²) in [6.07, 6.45) is 6.11. The van der Waals surface area contributed by atoms with Crippen LogP contribution in [0.25, 0.3) is 10.8 Å². The van der Waals surface area contributed by atoms with Crippen LogP contribution in [-0.2, 0) is 0 Å². The number of rotatable bonds is 8. The van der Waals surface area contributed by atoms with Gasteiger partial charge in [-0.2, -0.15) is 0 Å². The number of fused-ring (bicyclic) bond motifs is 1. The number of hydrogen-bond donors (Lipinski definition) is 3. The van der Waals surface area contributed by atoms with Gasteiger partial charge in [0.25, 0.3) is 5.91 Å². The fraction of sp³-hybridized carbons (Fsp3) is 0.433. The maximum Gasteiger partial charge on any atom is 0.251 e. The van der Waals surface area contributed by atoms with Crippen molar-refractivity contribution in [2.45, 2.75) is 63.3 Å². The Morgan fingerprint density at radius 1 is 1.00 bits per heavy atom. The minimum absolute atomic E-state index is 0.275. The third-order valence-corrected chi connectivity index (χ3v) is 7.58. The van der Waals surface area contributed by atoms with Gasteiger partial charge in [-0.05, 0) is 78.0 Å². The van der Waals surface area contributed by atoms with E-state index in [9.17, 15) is 15.0 Å². The highest BCUT2D eigenvalue weighted by molar-refractivity contribution is 5.94. The molecule has 34 heavy (non-hydrogen) atoms. The van der Waals surface area contributed by atoms with Crippen LogP contribution in [-0.4, -0.2) is 34.9 Å². The Labute approximate surface area is 203 Å². The zero-order chi connectivity index (χ0) is 24.1. The van der Waals surface area contributed by atoms with E-state index in [4.69, 9.17) is 0 Å². The van der Waals surface area contributed by atoms with Crippen molar-refractivity contribution in [1.29, 1.82) is 0 Å². The van der Waals surface area contributed by atoms with Crippen molar-refractivity contribution in [3.8, 4) is 0 Å². The Morgan fingerprint density at radius 3 is 2.44 bits per heavy atom. The second-order valence-corrected chi connectivity index (χ2v) is 10.4. The molecule has 0 saturated heterocycles. The summed E-state index contributed by atoms with van der Waals surface area (Å²) in [5.74, 6) is 1.47. The number of hydrogen-bond acceptors (Lipinski definition) is 3. The van der Waals surface area contributed by atoms with Crippen molar-refractivity contribution in [2.75, 3.05) is 13.2 Å². The summed E-state index contributed by atoms with van der Waals surface area (Å²) in [7, 11) is 0. The average molecular weight is 460 g/mol. The van der Waals surface area contributed by atoms with Crippen molar-refractivity contribution in [3.63, 3.8) is 0 Å². The van der Waals surface area contributed by atoms with Crippen LogP contribution in [0.4, 0.5) is 0 Å². The smallest absolute Gasteiger partial charge is 0.251 e. The van der Waals surface area contributed by atoms with E-state index in [1.165, 1.54) is 54.0 Å². The quantitative estimate of drug-likeness (QED) is 0.400. The summed E-state index contributed by atoms with van der Waals surface area (Å²) < 4.78 is 0. The molecule has 4 heteroatoms. The first-order valence-electron chi connectivity index (χ1n) is 12.5. The Morgan fingerprint density at radius 2 is 1.71 bits per heavy atom. The maximum absolute atomic E-state index is 12.5. The van der Waals surface area contributed by atoms with Crippen LogP contribution >= 0.6 is 0 Å². The van der Waals surface area contributed by atoms with Crippen LogP contribution in [0.3, 0.4) is 0 Å². The van der Waals surface area contributed by atoms with Gasteiger partial charge in [0.15, 0.2) is 0 Å². The van der Waals surface area contributed by atoms with E-state index >= 15 is 0 Å². The van der Waals surface area contributed by atoms with Gasteiger partial charge in [-0.15, -0.1) is 0 Å². The average Bonchev–Trinajstić information content (AvgIpc) is 2.88. The molecule has 0 aromatic heterocycles. The lowest BCUT2D eigenvalue weighted by Crippen LogP contribution is -2.51. The van der Waals surface area contributed by atoms with E-state index in [2.05, 4.69) is 66.8 Å². The first kappa shape index (κ1) is 24.4. The van der Waals surface area contributed by atoms with E-state index in [0.29, 0.717) is 23.3 Å². The molecule has 0 spiro atoms. The van der Waals surface area contributed by atoms with Crippen molar-refractivity contribution >= 4 is 16.7 Å². The molecule has 180 valence electrons. The van der Waals surface area contributed by atoms with Gasteiger partial charge in [0.1, 0.15) is 0 Å². The lowest BCUT2D eigenvalue weighted by molar-refractivity contribution is 0.0724. The molecule has 1 saturated carbocycles. The van der Waals surface area contributed by atoms with Crippen molar-refractivity contribution in [2.24, 2.45) is 5.92 Å². The lowest BCUT2D eigenvalue weighted by Gasteiger charge is -2.31. The Bertz CT molecular complexity index is 1100. The molecule has 0 aliphatic heterocycles. The summed E-state index contributed by atoms with van der Waals surface area (Å²) in [6, 6.07) is 23.2. The fourth-order valence-corrected chi connectivity index (χ4v) is 5.50. The van der Waals surface area contributed by atoms with E-state index in [-0.39, 0.29) is 19.1 Å². The van der Waals surface area contributed by atoms with Gasteiger partial charge in [-0.25, -0.2) is 0 Å². The van der Waals surface area contributed by atoms with Gasteiger partial charge in [0.2, 0.25) is 0 Å². The first-order chi connectivity index (χ1) is 16.4. The molecule has 0 radical (unpaired) electrons. The summed E-state index contributed by atoms with van der Waals surface area (Å²) in [5.41, 5.74) is 2.28. The van der Waals surface area contributed by atoms with Crippen LogP contribution in [0.1, 0.15) is 79.3 Å². The van der Waals surface area contributed by atoms with Crippen LogP contribution in [0.2, 0.25) is 0 Å². The van der Waals surface area contributed by atoms with E-state index in [0.717, 1.165) is 0 Å². The van der Waals surface area contributed by atoms with Crippen LogP contribution < -0.4 is 5.32 Å². The molecule has 1 amide bonds. The minimum Gasteiger partial charge on any atom is -0.394 e. The number of amides is 1. The van der Waals surface area contributed by atoms with Gasteiger partial charge in [-0.3, -0.25) is 4.79 Å². The van der Waals surface area contributed by atoms with Gasteiger partial charge in [0.05, 0.1) is 18.8 Å². The van der Waals surface area contributed by atoms with Crippen molar-refractivity contribution in [3.05, 3.63) is 83.4 Å². The molecule has 4 nitrogen and oxygen atoms in total. The van der Waals surface area contributed by atoms with Crippen LogP contribution in [0, 0.1) is 5.92 Å². The van der Waals surface area contributed by atoms with Crippen LogP contribution in [0.5, 0.6) is 0 Å². The fourth-order valence-electron chi connectivity index (χ4n) is 5.50. The zero-order valence-electron chi connectivity index (χ0n) is 20.3. The molecular weight excluding hydrogens is 422 g/mol. The van der Waals surface area contributed by atoms with E-state index < -0.39 is 5.54 Å². The Kier molecular flexibility index (Phi) is 7.70. The highest BCUT2D eigenvalue weighted by atomic mass is 16.3. The molecule has 1 fully saturated rings. The monoisotopic (exact) mass is 459 g/mol. The van der Waals surface area contributed by atoms with Gasteiger partial charge < -0.3 is 15.5 Å². The van der Waals surface area contributed by atoms with Gasteiger partial charge in [-0.1, -0.05) is 74.4 Å². The molecule has 3 atom stereocenters. The molecule has 1 aliphatic rings. The van der Waals surface area contributed by atoms with Gasteiger partial charge in [0, 0.05) is 5.56 Å². The summed E-state index contributed by atoms with van der Waals surface area (Å²) in [6.45, 7) is 3.37. The number of carbonyl (C=O) groups excluding carboxylic acids is 1. The topological polar surface area (TPSA) is 69.6 Å². The zero-order valence-corrected chi connectivity index (χ0v) is 20.3. The normalized spacial score (nSPS) is 19.6. The van der Waals surface area contributed by atoms with E-state index in [1.54, 1.807) is 6.92 Å². The number of nitrogens with one attached hydrogen (secondary N) is 1. The van der Waals surface area contributed by atoms with E-state index in [1.807, 2.05) is 12.1 Å². The molecule has 3 aromatic carbocycles. The Balaban J connectivity index is 1.40. The second kappa shape index (κ2) is 10.7. The first-order valence-corrected chi connectivity index (χ1v) is 12.5. The van der Waals surface area contributed by atoms with Crippen LogP contribution in [0.15, 0.2) is 66.7 Å². The predicted molar refractivity (Wildman–Crippen MR) is 138 cm³/mol. The standard InChI is InChI=1S/C30H37NO3/c1-21(27-12-6-9-24-8-3-4-11-28(24)27)17-22-7-5-10-26(18-22)23-13-15-25(16-14-23)29(34)31-30(2,19-32)20-33/h3-4,6,8-9,11-16,21-22,26,32-33H,5,7,10,17-20H2,1-2H3,(H,31,34)/t21-,22?,26?/m0/s1. The molecule has 3 N–H and O–H groups in total. The number of aliphatic hydroxyl groups excluding tert-OH is 2. The summed E-state index contributed by atoms with van der Waals surface area (Å²) in [5, 5.41) is 24.3. The van der Waals surface area contributed by atoms with Crippen molar-refractivity contribution < 1.29 is 15.0 Å². The SMILES string of the molecule is C[C@@H](CC1CCCC(c2ccc(C(=O)NC(C)(CO)CO)cc2)C1)c1cccc2ccccc12. The minimum atomic E-state index is -1.02. The predicted octanol–water partition coefficient (Wildman–Crippen LogP) is 5.78. The lowest BCUT2D eigenvalue weighted by atomic mass is 9.74. The summed E-state index contributed by atoms with van der Waals surface area (Å²) in [4.78, 5) is 12.5. The molecular formula is C30H37NO3.